The van der Waals surface area contributed by atoms with E-state index in [2.05, 4.69) is 10.6 Å². The van der Waals surface area contributed by atoms with Crippen molar-refractivity contribution in [2.45, 2.75) is 113 Å². The maximum atomic E-state index is 12.0. The van der Waals surface area contributed by atoms with Crippen molar-refractivity contribution in [2.24, 2.45) is 11.8 Å². The highest BCUT2D eigenvalue weighted by Gasteiger charge is 2.25. The molecule has 11 heteroatoms. The Kier molecular flexibility index (Phi) is 16.6. The molecule has 0 aromatic heterocycles. The van der Waals surface area contributed by atoms with Crippen molar-refractivity contribution in [3.63, 3.8) is 0 Å². The van der Waals surface area contributed by atoms with E-state index in [-0.39, 0.29) is 70.3 Å². The summed E-state index contributed by atoms with van der Waals surface area (Å²) in [6, 6.07) is 9.80. The zero-order valence-electron chi connectivity index (χ0n) is 28.5. The molecule has 11 nitrogen and oxygen atoms in total. The Morgan fingerprint density at radius 1 is 0.778 bits per heavy atom. The van der Waals surface area contributed by atoms with E-state index in [0.717, 1.165) is 5.56 Å². The fourth-order valence-corrected chi connectivity index (χ4v) is 4.71. The maximum absolute atomic E-state index is 12.0. The Morgan fingerprint density at radius 3 is 1.84 bits per heavy atom. The van der Waals surface area contributed by atoms with Gasteiger partial charge in [-0.3, -0.25) is 29.8 Å². The van der Waals surface area contributed by atoms with Gasteiger partial charge in [-0.2, -0.15) is 0 Å². The second kappa shape index (κ2) is 19.0. The first-order chi connectivity index (χ1) is 21.0. The summed E-state index contributed by atoms with van der Waals surface area (Å²) in [7, 11) is 0. The lowest BCUT2D eigenvalue weighted by Crippen LogP contribution is -2.31. The summed E-state index contributed by atoms with van der Waals surface area (Å²) < 4.78 is 5.70. The molecule has 2 N–H and O–H groups in total. The first kappa shape index (κ1) is 39.3. The van der Waals surface area contributed by atoms with E-state index in [9.17, 15) is 29.8 Å². The molecule has 2 aromatic carbocycles. The molecule has 0 fully saturated rings. The zero-order valence-corrected chi connectivity index (χ0v) is 28.5. The van der Waals surface area contributed by atoms with Gasteiger partial charge in [0.05, 0.1) is 22.5 Å². The molecule has 2 aromatic rings. The standard InChI is InChI=1S/C19H30N2O4.C15H22N2O3/c1-12(2)18(22)8-7-9-25-19-11-17(21(23)24)16(10-14(19)5)15(6)20-13(3)4;1-10(2)15(18)9-13(16-11(3)4)12-7-5-6-8-14(12)17(19)20/h10-13,15,20H,7-9H2,1-6H3;5-8,10-11,13,16H,9H2,1-4H3. The van der Waals surface area contributed by atoms with Crippen molar-refractivity contribution in [1.29, 1.82) is 0 Å². The number of hydrogen-bond acceptors (Lipinski definition) is 9. The van der Waals surface area contributed by atoms with Crippen LogP contribution in [0.25, 0.3) is 0 Å². The van der Waals surface area contributed by atoms with Crippen LogP contribution in [0.4, 0.5) is 11.4 Å². The predicted octanol–water partition coefficient (Wildman–Crippen LogP) is 7.60. The van der Waals surface area contributed by atoms with Gasteiger partial charge in [0.25, 0.3) is 11.4 Å². The summed E-state index contributed by atoms with van der Waals surface area (Å²) in [6.45, 7) is 19.5. The molecular weight excluding hydrogens is 576 g/mol. The fraction of sp³-hybridized carbons (Fsp3) is 0.588. The quantitative estimate of drug-likeness (QED) is 0.102. The van der Waals surface area contributed by atoms with E-state index < -0.39 is 4.92 Å². The molecule has 0 heterocycles. The number of nitro benzene ring substituents is 2. The Bertz CT molecular complexity index is 1290. The van der Waals surface area contributed by atoms with E-state index in [4.69, 9.17) is 4.74 Å². The fourth-order valence-electron chi connectivity index (χ4n) is 4.71. The van der Waals surface area contributed by atoms with Gasteiger partial charge in [0.15, 0.2) is 0 Å². The van der Waals surface area contributed by atoms with Gasteiger partial charge in [-0.25, -0.2) is 0 Å². The molecule has 0 saturated carbocycles. The molecule has 0 amide bonds. The number of carbonyl (C=O) groups is 2. The first-order valence-electron chi connectivity index (χ1n) is 15.7. The van der Waals surface area contributed by atoms with Crippen molar-refractivity contribution in [1.82, 2.24) is 10.6 Å². The maximum Gasteiger partial charge on any atom is 0.277 e. The number of Topliss-reactive ketones (excluding diaryl/α,β-unsaturated/α-hetero) is 2. The summed E-state index contributed by atoms with van der Waals surface area (Å²) in [4.78, 5) is 45.4. The number of ether oxygens (including phenoxy) is 1. The number of para-hydroxylation sites is 1. The molecule has 0 aliphatic rings. The van der Waals surface area contributed by atoms with Crippen LogP contribution in [0.5, 0.6) is 5.75 Å². The third-order valence-corrected chi connectivity index (χ3v) is 7.13. The highest BCUT2D eigenvalue weighted by molar-refractivity contribution is 5.81. The molecule has 45 heavy (non-hydrogen) atoms. The third kappa shape index (κ3) is 13.4. The minimum absolute atomic E-state index is 0.0250. The van der Waals surface area contributed by atoms with Crippen molar-refractivity contribution < 1.29 is 24.2 Å². The van der Waals surface area contributed by atoms with E-state index in [1.54, 1.807) is 18.2 Å². The van der Waals surface area contributed by atoms with Crippen LogP contribution in [0.3, 0.4) is 0 Å². The van der Waals surface area contributed by atoms with E-state index in [1.165, 1.54) is 12.1 Å². The van der Waals surface area contributed by atoms with Gasteiger partial charge in [-0.05, 0) is 31.9 Å². The number of nitrogens with zero attached hydrogens (tertiary/aromatic N) is 2. The Balaban J connectivity index is 0.000000461. The summed E-state index contributed by atoms with van der Waals surface area (Å²) in [5, 5.41) is 29.1. The topological polar surface area (TPSA) is 154 Å². The van der Waals surface area contributed by atoms with Crippen LogP contribution >= 0.6 is 0 Å². The average molecular weight is 629 g/mol. The number of nitrogens with one attached hydrogen (secondary N) is 2. The third-order valence-electron chi connectivity index (χ3n) is 7.13. The first-order valence-corrected chi connectivity index (χ1v) is 15.7. The van der Waals surface area contributed by atoms with E-state index in [1.807, 2.05) is 75.3 Å². The molecule has 0 aliphatic carbocycles. The van der Waals surface area contributed by atoms with Gasteiger partial charge >= 0.3 is 0 Å². The lowest BCUT2D eigenvalue weighted by Gasteiger charge is -2.21. The van der Waals surface area contributed by atoms with Gasteiger partial charge in [0.2, 0.25) is 0 Å². The molecule has 0 aliphatic heterocycles. The SMILES string of the molecule is CC(C)NC(CC(=O)C(C)C)c1ccccc1[N+](=O)[O-].Cc1cc(C(C)NC(C)C)c([N+](=O)[O-])cc1OCCCC(=O)C(C)C. The number of rotatable bonds is 17. The van der Waals surface area contributed by atoms with Crippen LogP contribution in [-0.2, 0) is 9.59 Å². The van der Waals surface area contributed by atoms with Crippen LogP contribution in [0.2, 0.25) is 0 Å². The zero-order chi connectivity index (χ0) is 34.4. The van der Waals surface area contributed by atoms with Crippen LogP contribution < -0.4 is 15.4 Å². The van der Waals surface area contributed by atoms with Gasteiger partial charge in [-0.1, -0.05) is 73.6 Å². The van der Waals surface area contributed by atoms with Crippen molar-refractivity contribution in [3.05, 3.63) is 73.3 Å². The number of aryl methyl sites for hydroxylation is 1. The molecule has 0 saturated heterocycles. The minimum Gasteiger partial charge on any atom is -0.493 e. The molecule has 0 spiro atoms. The van der Waals surface area contributed by atoms with Crippen LogP contribution in [-0.4, -0.2) is 40.1 Å². The van der Waals surface area contributed by atoms with Crippen LogP contribution in [0.1, 0.15) is 110 Å². The van der Waals surface area contributed by atoms with Gasteiger partial charge < -0.3 is 15.4 Å². The van der Waals surface area contributed by atoms with Crippen LogP contribution in [0, 0.1) is 39.0 Å². The largest absolute Gasteiger partial charge is 0.493 e. The molecule has 2 rings (SSSR count). The lowest BCUT2D eigenvalue weighted by atomic mass is 9.95. The summed E-state index contributed by atoms with van der Waals surface area (Å²) >= 11 is 0. The van der Waals surface area contributed by atoms with E-state index in [0.29, 0.717) is 36.3 Å². The lowest BCUT2D eigenvalue weighted by molar-refractivity contribution is -0.386. The molecule has 2 unspecified atom stereocenters. The highest BCUT2D eigenvalue weighted by atomic mass is 16.6. The normalized spacial score (nSPS) is 12.6. The summed E-state index contributed by atoms with van der Waals surface area (Å²) in [6.07, 6.45) is 1.34. The minimum atomic E-state index is -0.399. The van der Waals surface area contributed by atoms with Crippen molar-refractivity contribution in [2.75, 3.05) is 6.61 Å². The Hall–Kier alpha value is -3.70. The Morgan fingerprint density at radius 2 is 1.33 bits per heavy atom. The second-order valence-electron chi connectivity index (χ2n) is 12.6. The summed E-state index contributed by atoms with van der Waals surface area (Å²) in [5.41, 5.74) is 2.19. The number of nitro groups is 2. The monoisotopic (exact) mass is 628 g/mol. The van der Waals surface area contributed by atoms with Crippen molar-refractivity contribution in [3.8, 4) is 5.75 Å². The molecular formula is C34H52N4O7. The average Bonchev–Trinajstić information content (AvgIpc) is 2.94. The molecule has 250 valence electrons. The van der Waals surface area contributed by atoms with Crippen LogP contribution in [0.15, 0.2) is 36.4 Å². The smallest absolute Gasteiger partial charge is 0.277 e. The van der Waals surface area contributed by atoms with Crippen molar-refractivity contribution >= 4 is 22.9 Å². The highest BCUT2D eigenvalue weighted by Crippen LogP contribution is 2.33. The van der Waals surface area contributed by atoms with Gasteiger partial charge in [0, 0.05) is 66.0 Å². The van der Waals surface area contributed by atoms with E-state index >= 15 is 0 Å². The van der Waals surface area contributed by atoms with Gasteiger partial charge in [-0.15, -0.1) is 0 Å². The molecule has 0 radical (unpaired) electrons. The second-order valence-corrected chi connectivity index (χ2v) is 12.6. The number of ketones is 2. The predicted molar refractivity (Wildman–Crippen MR) is 178 cm³/mol. The molecule has 2 atom stereocenters. The van der Waals surface area contributed by atoms with Gasteiger partial charge in [0.1, 0.15) is 17.3 Å². The number of benzene rings is 2. The summed E-state index contributed by atoms with van der Waals surface area (Å²) in [5.74, 6) is 0.756. The Labute approximate surface area is 267 Å². The number of hydrogen-bond donors (Lipinski definition) is 2. The molecule has 0 bridgehead atoms. The number of carbonyl (C=O) groups excluding carboxylic acids is 2.